The highest BCUT2D eigenvalue weighted by atomic mass is 17.0. The molecule has 2 saturated carbocycles. The quantitative estimate of drug-likeness (QED) is 0.597. The molecule has 0 heterocycles. The van der Waals surface area contributed by atoms with Crippen LogP contribution in [0.1, 0.15) is 56.1 Å². The Morgan fingerprint density at radius 3 is 2.65 bits per heavy atom. The van der Waals surface area contributed by atoms with Gasteiger partial charge in [0.25, 0.3) is 10.2 Å². The minimum absolute atomic E-state index is 0.138. The Morgan fingerprint density at radius 2 is 1.92 bits per heavy atom. The van der Waals surface area contributed by atoms with Crippen LogP contribution in [0.3, 0.4) is 0 Å². The Kier molecular flexibility index (Phi) is 4.00. The van der Waals surface area contributed by atoms with Crippen LogP contribution in [-0.2, 0) is 11.3 Å². The standard InChI is InChI=1S/C18H22N2O6/c1-18-9-8-14-13-5-3-12(25-19(21)22)10-11(13)2-4-15(14)16(18)6-7-17(18)26-20(23)24/h3,5,10,14-17H,2,4,6-9H2,1H3. The zero-order valence-electron chi connectivity index (χ0n) is 14.6. The number of aryl methyl sites for hydroxylation is 1. The molecule has 140 valence electrons. The maximum Gasteiger partial charge on any atom is 0.299 e. The van der Waals surface area contributed by atoms with Gasteiger partial charge in [-0.2, -0.15) is 0 Å². The minimum atomic E-state index is -0.784. The molecule has 8 nitrogen and oxygen atoms in total. The van der Waals surface area contributed by atoms with Gasteiger partial charge in [0.05, 0.1) is 0 Å². The highest BCUT2D eigenvalue weighted by Crippen LogP contribution is 2.61. The zero-order chi connectivity index (χ0) is 18.5. The molecule has 5 atom stereocenters. The molecule has 0 spiro atoms. The van der Waals surface area contributed by atoms with Crippen molar-refractivity contribution in [2.45, 2.75) is 57.5 Å². The van der Waals surface area contributed by atoms with Crippen LogP contribution in [0, 0.1) is 37.5 Å². The van der Waals surface area contributed by atoms with Crippen molar-refractivity contribution in [3.63, 3.8) is 0 Å². The summed E-state index contributed by atoms with van der Waals surface area (Å²) in [6, 6.07) is 5.42. The van der Waals surface area contributed by atoms with E-state index in [-0.39, 0.29) is 17.3 Å². The van der Waals surface area contributed by atoms with Crippen LogP contribution in [0.4, 0.5) is 0 Å². The van der Waals surface area contributed by atoms with Gasteiger partial charge in [0.15, 0.2) is 0 Å². The van der Waals surface area contributed by atoms with E-state index in [0.717, 1.165) is 44.1 Å². The summed E-state index contributed by atoms with van der Waals surface area (Å²) in [6.07, 6.45) is 5.15. The fraction of sp³-hybridized carbons (Fsp3) is 0.667. The van der Waals surface area contributed by atoms with Crippen LogP contribution >= 0.6 is 0 Å². The molecule has 0 radical (unpaired) electrons. The van der Waals surface area contributed by atoms with Gasteiger partial charge in [-0.3, -0.25) is 4.84 Å². The smallest absolute Gasteiger partial charge is 0.299 e. The van der Waals surface area contributed by atoms with Crippen molar-refractivity contribution in [2.24, 2.45) is 17.3 Å². The average Bonchev–Trinajstić information content (AvgIpc) is 2.90. The van der Waals surface area contributed by atoms with Crippen molar-refractivity contribution in [2.75, 3.05) is 0 Å². The maximum absolute atomic E-state index is 10.9. The second-order valence-corrected chi connectivity index (χ2v) is 8.03. The first-order valence-corrected chi connectivity index (χ1v) is 9.15. The summed E-state index contributed by atoms with van der Waals surface area (Å²) in [5.74, 6) is 1.60. The average molecular weight is 362 g/mol. The van der Waals surface area contributed by atoms with Gasteiger partial charge in [0.2, 0.25) is 0 Å². The lowest BCUT2D eigenvalue weighted by Crippen LogP contribution is -2.45. The minimum Gasteiger partial charge on any atom is -0.310 e. The molecule has 3 aliphatic rings. The van der Waals surface area contributed by atoms with Crippen molar-refractivity contribution in [1.29, 1.82) is 0 Å². The summed E-state index contributed by atoms with van der Waals surface area (Å²) in [5, 5.41) is 20.0. The number of hydrogen-bond donors (Lipinski definition) is 0. The van der Waals surface area contributed by atoms with Crippen molar-refractivity contribution in [3.05, 3.63) is 49.6 Å². The monoisotopic (exact) mass is 362 g/mol. The molecule has 8 heteroatoms. The molecule has 1 aromatic carbocycles. The SMILES string of the molecule is CC12CCC3c4ccc(O[N+](=O)[O-])cc4CCC3C1CCC2O[N+](=O)[O-]. The largest absolute Gasteiger partial charge is 0.310 e. The highest BCUT2D eigenvalue weighted by Gasteiger charge is 2.56. The predicted octanol–water partition coefficient (Wildman–Crippen LogP) is 3.69. The normalized spacial score (nSPS) is 35.0. The lowest BCUT2D eigenvalue weighted by molar-refractivity contribution is -0.772. The number of hydrogen-bond acceptors (Lipinski definition) is 6. The third kappa shape index (κ3) is 2.68. The van der Waals surface area contributed by atoms with Gasteiger partial charge in [-0.05, 0) is 85.0 Å². The van der Waals surface area contributed by atoms with Crippen LogP contribution in [0.2, 0.25) is 0 Å². The van der Waals surface area contributed by atoms with Crippen LogP contribution in [0.25, 0.3) is 0 Å². The molecule has 0 saturated heterocycles. The summed E-state index contributed by atoms with van der Waals surface area (Å²) < 4.78 is 0. The second-order valence-electron chi connectivity index (χ2n) is 8.03. The van der Waals surface area contributed by atoms with E-state index in [1.165, 1.54) is 5.56 Å². The van der Waals surface area contributed by atoms with E-state index in [4.69, 9.17) is 4.84 Å². The Morgan fingerprint density at radius 1 is 1.12 bits per heavy atom. The summed E-state index contributed by atoms with van der Waals surface area (Å²) in [5.41, 5.74) is 2.25. The van der Waals surface area contributed by atoms with Crippen LogP contribution in [-0.4, -0.2) is 16.3 Å². The van der Waals surface area contributed by atoms with Gasteiger partial charge in [-0.1, -0.05) is 13.0 Å². The Balaban J connectivity index is 1.58. The van der Waals surface area contributed by atoms with Crippen molar-refractivity contribution in [1.82, 2.24) is 0 Å². The Labute approximate surface area is 150 Å². The molecular formula is C18H22N2O6. The van der Waals surface area contributed by atoms with E-state index in [2.05, 4.69) is 11.8 Å². The van der Waals surface area contributed by atoms with Gasteiger partial charge in [0.1, 0.15) is 11.9 Å². The summed E-state index contributed by atoms with van der Waals surface area (Å²) in [4.78, 5) is 31.0. The fourth-order valence-electron chi connectivity index (χ4n) is 5.93. The number of benzene rings is 1. The first-order valence-electron chi connectivity index (χ1n) is 9.15. The summed E-state index contributed by atoms with van der Waals surface area (Å²) in [6.45, 7) is 2.15. The van der Waals surface area contributed by atoms with Crippen LogP contribution < -0.4 is 4.84 Å². The molecule has 0 aromatic heterocycles. The first kappa shape index (κ1) is 17.1. The molecule has 0 N–H and O–H groups in total. The molecule has 1 aromatic rings. The predicted molar refractivity (Wildman–Crippen MR) is 90.5 cm³/mol. The van der Waals surface area contributed by atoms with E-state index < -0.39 is 10.2 Å². The molecule has 26 heavy (non-hydrogen) atoms. The number of nitrogens with zero attached hydrogens (tertiary/aromatic N) is 2. The van der Waals surface area contributed by atoms with Gasteiger partial charge in [-0.15, -0.1) is 20.2 Å². The van der Waals surface area contributed by atoms with Crippen molar-refractivity contribution in [3.8, 4) is 5.75 Å². The molecule has 0 amide bonds. The third-order valence-corrected chi connectivity index (χ3v) is 7.00. The second kappa shape index (κ2) is 6.10. The summed E-state index contributed by atoms with van der Waals surface area (Å²) >= 11 is 0. The van der Waals surface area contributed by atoms with Gasteiger partial charge in [0, 0.05) is 0 Å². The molecule has 3 aliphatic carbocycles. The molecule has 2 fully saturated rings. The topological polar surface area (TPSA) is 105 Å². The van der Waals surface area contributed by atoms with E-state index in [1.54, 1.807) is 12.1 Å². The Hall–Kier alpha value is -2.38. The first-order chi connectivity index (χ1) is 12.4. The summed E-state index contributed by atoms with van der Waals surface area (Å²) in [7, 11) is 0. The van der Waals surface area contributed by atoms with Gasteiger partial charge < -0.3 is 4.84 Å². The molecular weight excluding hydrogens is 340 g/mol. The van der Waals surface area contributed by atoms with Crippen molar-refractivity contribution < 1.29 is 19.8 Å². The number of fused-ring (bicyclic) bond motifs is 5. The zero-order valence-corrected chi connectivity index (χ0v) is 14.6. The van der Waals surface area contributed by atoms with Crippen LogP contribution in [0.15, 0.2) is 18.2 Å². The van der Waals surface area contributed by atoms with E-state index in [0.29, 0.717) is 17.8 Å². The third-order valence-electron chi connectivity index (χ3n) is 7.00. The fourth-order valence-corrected chi connectivity index (χ4v) is 5.93. The van der Waals surface area contributed by atoms with Gasteiger partial charge >= 0.3 is 0 Å². The van der Waals surface area contributed by atoms with Crippen LogP contribution in [0.5, 0.6) is 5.75 Å². The molecule has 0 aliphatic heterocycles. The molecule has 0 bridgehead atoms. The Bertz CT molecular complexity index is 753. The lowest BCUT2D eigenvalue weighted by Gasteiger charge is -2.50. The highest BCUT2D eigenvalue weighted by molar-refractivity contribution is 5.40. The van der Waals surface area contributed by atoms with Crippen molar-refractivity contribution >= 4 is 0 Å². The van der Waals surface area contributed by atoms with Gasteiger partial charge in [-0.25, -0.2) is 0 Å². The molecule has 5 unspecified atom stereocenters. The van der Waals surface area contributed by atoms with E-state index in [1.807, 2.05) is 6.07 Å². The number of rotatable bonds is 4. The molecule has 4 rings (SSSR count). The lowest BCUT2D eigenvalue weighted by atomic mass is 9.55. The van der Waals surface area contributed by atoms with E-state index in [9.17, 15) is 20.2 Å². The maximum atomic E-state index is 10.9. The van der Waals surface area contributed by atoms with E-state index >= 15 is 0 Å².